The smallest absolute Gasteiger partial charge is 0.541 e. The molecular formula is C9H6N3O3W-. The van der Waals surface area contributed by atoms with Gasteiger partial charge >= 0.3 is 21.1 Å². The molecule has 7 heteroatoms. The molecule has 0 unspecified atom stereocenters. The van der Waals surface area contributed by atoms with Crippen molar-refractivity contribution in [2.75, 3.05) is 0 Å². The molecule has 0 aromatic carbocycles. The Hall–Kier alpha value is -1.83. The minimum absolute atomic E-state index is 0. The number of rotatable bonds is 3. The molecule has 0 rings (SSSR count). The molecule has 0 aromatic rings. The van der Waals surface area contributed by atoms with Gasteiger partial charge in [0.15, 0.2) is 0 Å². The maximum atomic E-state index is 9.06. The van der Waals surface area contributed by atoms with Crippen LogP contribution >= 0.6 is 0 Å². The third-order valence-corrected chi connectivity index (χ3v) is 0.454. The topological polar surface area (TPSA) is 123 Å². The van der Waals surface area contributed by atoms with E-state index in [-0.39, 0.29) is 40.3 Å². The monoisotopic (exact) mass is 388 g/mol. The van der Waals surface area contributed by atoms with Crippen LogP contribution in [0.3, 0.4) is 0 Å². The van der Waals surface area contributed by atoms with Gasteiger partial charge in [0.25, 0.3) is 0 Å². The Morgan fingerprint density at radius 1 is 0.688 bits per heavy atom. The normalized spacial score (nSPS) is 5.06. The molecule has 0 aromatic heterocycles. The predicted molar refractivity (Wildman–Crippen MR) is 47.8 cm³/mol. The van der Waals surface area contributed by atoms with E-state index in [4.69, 9.17) is 30.2 Å². The maximum Gasteiger partial charge on any atom is 2.00 e. The van der Waals surface area contributed by atoms with Gasteiger partial charge in [-0.15, -0.1) is 0 Å². The van der Waals surface area contributed by atoms with E-state index in [9.17, 15) is 0 Å². The molecule has 0 aliphatic rings. The van der Waals surface area contributed by atoms with Crippen LogP contribution in [-0.4, -0.2) is 18.9 Å². The van der Waals surface area contributed by atoms with E-state index in [1.165, 1.54) is 18.9 Å². The van der Waals surface area contributed by atoms with E-state index >= 15 is 0 Å². The van der Waals surface area contributed by atoms with Gasteiger partial charge in [-0.2, -0.15) is 0 Å². The van der Waals surface area contributed by atoms with Crippen molar-refractivity contribution in [3.63, 3.8) is 0 Å². The van der Waals surface area contributed by atoms with Crippen molar-refractivity contribution >= 4 is 18.9 Å². The summed E-state index contributed by atoms with van der Waals surface area (Å²) in [6, 6.07) is 4.78. The van der Waals surface area contributed by atoms with Gasteiger partial charge in [0.1, 0.15) is 0 Å². The van der Waals surface area contributed by atoms with Crippen molar-refractivity contribution in [3.8, 4) is 18.2 Å². The number of hydrogen-bond donors (Lipinski definition) is 0. The average molecular weight is 388 g/mol. The first-order chi connectivity index (χ1) is 7.24. The van der Waals surface area contributed by atoms with Gasteiger partial charge < -0.3 is 14.4 Å². The molecule has 0 N–H and O–H groups in total. The Morgan fingerprint density at radius 3 is 0.875 bits per heavy atom. The summed E-state index contributed by atoms with van der Waals surface area (Å²) in [6.45, 7) is 0. The molecule has 0 amide bonds. The predicted octanol–water partition coefficient (Wildman–Crippen LogP) is 0.0268. The molecule has 16 heavy (non-hydrogen) atoms. The molecule has 0 aliphatic heterocycles. The minimum atomic E-state index is -0.111. The molecule has 0 spiro atoms. The second-order valence-corrected chi connectivity index (χ2v) is 1.44. The van der Waals surface area contributed by atoms with Gasteiger partial charge in [0.05, 0.1) is 0 Å². The number of nitrogens with zero attached hydrogens (tertiary/aromatic N) is 3. The van der Waals surface area contributed by atoms with Crippen molar-refractivity contribution in [3.05, 3.63) is 0 Å². The molecule has 6 nitrogen and oxygen atoms in total. The molecule has 0 fully saturated rings. The first-order valence-electron chi connectivity index (χ1n) is 3.40. The fourth-order valence-electron chi connectivity index (χ4n) is 0.0968. The SMILES string of the molecule is N#CC[C-]=O.N#CC[C-]=O.N#CC[C-]=O.[W+2]. The van der Waals surface area contributed by atoms with Crippen molar-refractivity contribution in [1.29, 1.82) is 15.8 Å². The van der Waals surface area contributed by atoms with Crippen LogP contribution in [0.1, 0.15) is 19.3 Å². The third kappa shape index (κ3) is 87.4. The van der Waals surface area contributed by atoms with Gasteiger partial charge in [-0.25, -0.2) is 15.8 Å². The van der Waals surface area contributed by atoms with Crippen LogP contribution in [-0.2, 0) is 35.4 Å². The molecule has 0 saturated carbocycles. The van der Waals surface area contributed by atoms with Crippen LogP contribution < -0.4 is 0 Å². The van der Waals surface area contributed by atoms with Crippen LogP contribution in [0.15, 0.2) is 0 Å². The summed E-state index contributed by atoms with van der Waals surface area (Å²) in [4.78, 5) is 27.2. The van der Waals surface area contributed by atoms with E-state index < -0.39 is 0 Å². The Balaban J connectivity index is -0.0000000655. The molecule has 0 heterocycles. The Morgan fingerprint density at radius 2 is 0.875 bits per heavy atom. The van der Waals surface area contributed by atoms with Crippen LogP contribution in [0.2, 0.25) is 0 Å². The summed E-state index contributed by atoms with van der Waals surface area (Å²) < 4.78 is 0. The van der Waals surface area contributed by atoms with Crippen LogP contribution in [0.4, 0.5) is 0 Å². The first-order valence-corrected chi connectivity index (χ1v) is 3.40. The molecule has 0 saturated heterocycles. The van der Waals surface area contributed by atoms with E-state index in [0.29, 0.717) is 0 Å². The van der Waals surface area contributed by atoms with Gasteiger partial charge in [0.2, 0.25) is 0 Å². The maximum absolute atomic E-state index is 9.06. The summed E-state index contributed by atoms with van der Waals surface area (Å²) in [7, 11) is 0. The molecule has 0 radical (unpaired) electrons. The van der Waals surface area contributed by atoms with Crippen LogP contribution in [0, 0.1) is 34.0 Å². The zero-order chi connectivity index (χ0) is 12.4. The number of carbonyl (C=O) groups excluding carboxylic acids is 3. The van der Waals surface area contributed by atoms with E-state index in [1.54, 1.807) is 18.2 Å². The number of hydrogen-bond acceptors (Lipinski definition) is 6. The second kappa shape index (κ2) is 37.9. The Bertz CT molecular complexity index is 238. The standard InChI is InChI=1S/3C3H2NO.W/c3*4-2-1-3-5;/h3*1H2;/q3*-1;+2. The number of nitriles is 3. The Labute approximate surface area is 108 Å². The van der Waals surface area contributed by atoms with Crippen molar-refractivity contribution in [2.45, 2.75) is 19.3 Å². The third-order valence-electron chi connectivity index (χ3n) is 0.454. The van der Waals surface area contributed by atoms with Gasteiger partial charge in [0, 0.05) is 18.2 Å². The summed E-state index contributed by atoms with van der Waals surface area (Å²) in [5.74, 6) is 0. The van der Waals surface area contributed by atoms with Crippen LogP contribution in [0.5, 0.6) is 0 Å². The summed E-state index contributed by atoms with van der Waals surface area (Å²) in [6.07, 6.45) is 3.89. The fourth-order valence-corrected chi connectivity index (χ4v) is 0.0968. The van der Waals surface area contributed by atoms with Crippen molar-refractivity contribution in [2.24, 2.45) is 0 Å². The van der Waals surface area contributed by atoms with Gasteiger partial charge in [-0.3, -0.25) is 18.9 Å². The average Bonchev–Trinajstić information content (AvgIpc) is 2.23. The quantitative estimate of drug-likeness (QED) is 0.629. The van der Waals surface area contributed by atoms with E-state index in [0.717, 1.165) is 0 Å². The zero-order valence-corrected chi connectivity index (χ0v) is 11.0. The van der Waals surface area contributed by atoms with Crippen LogP contribution in [0.25, 0.3) is 0 Å². The second-order valence-electron chi connectivity index (χ2n) is 1.44. The zero-order valence-electron chi connectivity index (χ0n) is 8.10. The largest absolute Gasteiger partial charge is 2.00 e. The van der Waals surface area contributed by atoms with Gasteiger partial charge in [-0.05, 0) is 0 Å². The molecule has 0 atom stereocenters. The molecule has 0 aliphatic carbocycles. The Kier molecular flexibility index (Phi) is 56.4. The van der Waals surface area contributed by atoms with E-state index in [1.807, 2.05) is 0 Å². The van der Waals surface area contributed by atoms with Gasteiger partial charge in [-0.1, -0.05) is 19.3 Å². The van der Waals surface area contributed by atoms with E-state index in [2.05, 4.69) is 0 Å². The minimum Gasteiger partial charge on any atom is -0.541 e. The molecule has 0 bridgehead atoms. The van der Waals surface area contributed by atoms with Crippen molar-refractivity contribution < 1.29 is 35.4 Å². The summed E-state index contributed by atoms with van der Waals surface area (Å²) in [5.41, 5.74) is 0. The summed E-state index contributed by atoms with van der Waals surface area (Å²) in [5, 5.41) is 22.7. The summed E-state index contributed by atoms with van der Waals surface area (Å²) >= 11 is 0. The fraction of sp³-hybridized carbons (Fsp3) is 0.333. The van der Waals surface area contributed by atoms with Crippen molar-refractivity contribution in [1.82, 2.24) is 0 Å². The first kappa shape index (κ1) is 23.8. The molecule has 82 valence electrons. The molecular weight excluding hydrogens is 382 g/mol.